The first-order valence-corrected chi connectivity index (χ1v) is 9.49. The quantitative estimate of drug-likeness (QED) is 0.739. The maximum Gasteiger partial charge on any atom is 0.274 e. The fourth-order valence-corrected chi connectivity index (χ4v) is 3.52. The summed E-state index contributed by atoms with van der Waals surface area (Å²) in [4.78, 5) is 23.5. The van der Waals surface area contributed by atoms with E-state index in [2.05, 4.69) is 20.5 Å². The van der Waals surface area contributed by atoms with Crippen molar-refractivity contribution in [3.8, 4) is 0 Å². The summed E-state index contributed by atoms with van der Waals surface area (Å²) >= 11 is 0. The Morgan fingerprint density at radius 3 is 2.82 bits per heavy atom. The number of carbonyl (C=O) groups is 1. The number of rotatable bonds is 5. The van der Waals surface area contributed by atoms with Crippen LogP contribution in [0.25, 0.3) is 0 Å². The Morgan fingerprint density at radius 2 is 2.00 bits per heavy atom. The molecule has 1 aliphatic rings. The average Bonchev–Trinajstić information content (AvgIpc) is 2.75. The number of piperidine rings is 1. The second-order valence-electron chi connectivity index (χ2n) is 6.93. The SMILES string of the molecule is O=C(c1cccnn1)N1CCC[C@H](Cc2cccc(Nc3ccccn3)n2)C1. The summed E-state index contributed by atoms with van der Waals surface area (Å²) < 4.78 is 0. The zero-order chi connectivity index (χ0) is 19.2. The van der Waals surface area contributed by atoms with Crippen molar-refractivity contribution in [2.45, 2.75) is 19.3 Å². The molecule has 7 heteroatoms. The molecule has 1 N–H and O–H groups in total. The number of hydrogen-bond acceptors (Lipinski definition) is 6. The first-order chi connectivity index (χ1) is 13.8. The van der Waals surface area contributed by atoms with Gasteiger partial charge in [-0.25, -0.2) is 9.97 Å². The third-order valence-electron chi connectivity index (χ3n) is 4.82. The Kier molecular flexibility index (Phi) is 5.51. The largest absolute Gasteiger partial charge is 0.337 e. The van der Waals surface area contributed by atoms with Gasteiger partial charge in [-0.3, -0.25) is 4.79 Å². The summed E-state index contributed by atoms with van der Waals surface area (Å²) in [6.45, 7) is 1.48. The Bertz CT molecular complexity index is 918. The number of nitrogens with one attached hydrogen (secondary N) is 1. The molecule has 0 spiro atoms. The van der Waals surface area contributed by atoms with Crippen molar-refractivity contribution < 1.29 is 4.79 Å². The minimum Gasteiger partial charge on any atom is -0.337 e. The normalized spacial score (nSPS) is 16.6. The van der Waals surface area contributed by atoms with Crippen LogP contribution >= 0.6 is 0 Å². The summed E-state index contributed by atoms with van der Waals surface area (Å²) in [5, 5.41) is 11.0. The van der Waals surface area contributed by atoms with Gasteiger partial charge in [0.25, 0.3) is 5.91 Å². The monoisotopic (exact) mass is 374 g/mol. The van der Waals surface area contributed by atoms with Gasteiger partial charge in [0.15, 0.2) is 5.69 Å². The van der Waals surface area contributed by atoms with E-state index in [9.17, 15) is 4.79 Å². The second kappa shape index (κ2) is 8.56. The molecule has 3 aromatic heterocycles. The molecule has 1 fully saturated rings. The standard InChI is InChI=1S/C21H22N6O/c28-21(18-8-4-12-23-26-18)27-13-5-6-16(15-27)14-17-7-3-10-20(24-17)25-19-9-1-2-11-22-19/h1-4,7-12,16H,5-6,13-15H2,(H,22,24,25)/t16-/m1/s1. The molecule has 7 nitrogen and oxygen atoms in total. The van der Waals surface area contributed by atoms with E-state index in [0.29, 0.717) is 11.6 Å². The summed E-state index contributed by atoms with van der Waals surface area (Å²) in [6.07, 6.45) is 6.23. The zero-order valence-corrected chi connectivity index (χ0v) is 15.5. The van der Waals surface area contributed by atoms with Crippen molar-refractivity contribution in [2.75, 3.05) is 18.4 Å². The lowest BCUT2D eigenvalue weighted by Gasteiger charge is -2.32. The van der Waals surface area contributed by atoms with Gasteiger partial charge in [0.2, 0.25) is 0 Å². The fourth-order valence-electron chi connectivity index (χ4n) is 3.52. The van der Waals surface area contributed by atoms with Crippen LogP contribution in [0.5, 0.6) is 0 Å². The highest BCUT2D eigenvalue weighted by Crippen LogP contribution is 2.22. The van der Waals surface area contributed by atoms with Gasteiger partial charge in [-0.05, 0) is 61.6 Å². The first kappa shape index (κ1) is 18.0. The summed E-state index contributed by atoms with van der Waals surface area (Å²) in [5.74, 6) is 1.88. The highest BCUT2D eigenvalue weighted by molar-refractivity contribution is 5.92. The van der Waals surface area contributed by atoms with Gasteiger partial charge in [-0.2, -0.15) is 5.10 Å². The van der Waals surface area contributed by atoms with E-state index in [1.807, 2.05) is 41.3 Å². The number of aromatic nitrogens is 4. The molecule has 1 amide bonds. The smallest absolute Gasteiger partial charge is 0.274 e. The van der Waals surface area contributed by atoms with Crippen LogP contribution in [0.2, 0.25) is 0 Å². The van der Waals surface area contributed by atoms with Crippen LogP contribution < -0.4 is 5.32 Å². The molecule has 0 aromatic carbocycles. The molecule has 4 rings (SSSR count). The van der Waals surface area contributed by atoms with Crippen LogP contribution in [-0.2, 0) is 6.42 Å². The fraction of sp³-hybridized carbons (Fsp3) is 0.286. The Hall–Kier alpha value is -3.35. The van der Waals surface area contributed by atoms with Gasteiger partial charge in [0.05, 0.1) is 0 Å². The maximum atomic E-state index is 12.6. The van der Waals surface area contributed by atoms with Crippen LogP contribution in [0.15, 0.2) is 60.9 Å². The lowest BCUT2D eigenvalue weighted by molar-refractivity contribution is 0.0665. The number of anilines is 2. The van der Waals surface area contributed by atoms with Crippen LogP contribution in [-0.4, -0.2) is 44.1 Å². The maximum absolute atomic E-state index is 12.6. The number of pyridine rings is 2. The number of amides is 1. The molecule has 0 radical (unpaired) electrons. The van der Waals surface area contributed by atoms with Gasteiger partial charge < -0.3 is 10.2 Å². The van der Waals surface area contributed by atoms with Gasteiger partial charge >= 0.3 is 0 Å². The van der Waals surface area contributed by atoms with E-state index in [4.69, 9.17) is 4.98 Å². The zero-order valence-electron chi connectivity index (χ0n) is 15.5. The van der Waals surface area contributed by atoms with Crippen LogP contribution in [0, 0.1) is 5.92 Å². The summed E-state index contributed by atoms with van der Waals surface area (Å²) in [7, 11) is 0. The molecule has 142 valence electrons. The third kappa shape index (κ3) is 4.49. The Morgan fingerprint density at radius 1 is 1.07 bits per heavy atom. The lowest BCUT2D eigenvalue weighted by atomic mass is 9.93. The molecule has 3 aromatic rings. The minimum atomic E-state index is -0.0451. The lowest BCUT2D eigenvalue weighted by Crippen LogP contribution is -2.41. The highest BCUT2D eigenvalue weighted by Gasteiger charge is 2.25. The molecule has 28 heavy (non-hydrogen) atoms. The molecule has 1 saturated heterocycles. The van der Waals surface area contributed by atoms with Crippen molar-refractivity contribution >= 4 is 17.5 Å². The van der Waals surface area contributed by atoms with Crippen LogP contribution in [0.3, 0.4) is 0 Å². The van der Waals surface area contributed by atoms with E-state index in [1.165, 1.54) is 0 Å². The van der Waals surface area contributed by atoms with Gasteiger partial charge in [-0.15, -0.1) is 5.10 Å². The predicted molar refractivity (Wildman–Crippen MR) is 106 cm³/mol. The van der Waals surface area contributed by atoms with Crippen LogP contribution in [0.4, 0.5) is 11.6 Å². The molecule has 1 atom stereocenters. The van der Waals surface area contributed by atoms with E-state index in [-0.39, 0.29) is 5.91 Å². The van der Waals surface area contributed by atoms with E-state index in [0.717, 1.165) is 49.7 Å². The van der Waals surface area contributed by atoms with Crippen LogP contribution in [0.1, 0.15) is 29.0 Å². The second-order valence-corrected chi connectivity index (χ2v) is 6.93. The van der Waals surface area contributed by atoms with Gasteiger partial charge in [-0.1, -0.05) is 12.1 Å². The predicted octanol–water partition coefficient (Wildman–Crippen LogP) is 3.11. The molecule has 0 bridgehead atoms. The summed E-state index contributed by atoms with van der Waals surface area (Å²) in [5.41, 5.74) is 1.42. The summed E-state index contributed by atoms with van der Waals surface area (Å²) in [6, 6.07) is 15.1. The highest BCUT2D eigenvalue weighted by atomic mass is 16.2. The van der Waals surface area contributed by atoms with Crippen molar-refractivity contribution in [3.05, 3.63) is 72.3 Å². The van der Waals surface area contributed by atoms with Gasteiger partial charge in [0.1, 0.15) is 11.6 Å². The number of nitrogens with zero attached hydrogens (tertiary/aromatic N) is 5. The molecular weight excluding hydrogens is 352 g/mol. The van der Waals surface area contributed by atoms with E-state index < -0.39 is 0 Å². The van der Waals surface area contributed by atoms with E-state index in [1.54, 1.807) is 24.5 Å². The van der Waals surface area contributed by atoms with Crippen molar-refractivity contribution in [2.24, 2.45) is 5.92 Å². The first-order valence-electron chi connectivity index (χ1n) is 9.49. The Labute approximate surface area is 163 Å². The number of likely N-dealkylation sites (tertiary alicyclic amines) is 1. The molecule has 0 unspecified atom stereocenters. The molecule has 1 aliphatic heterocycles. The van der Waals surface area contributed by atoms with Gasteiger partial charge in [0, 0.05) is 31.2 Å². The molecular formula is C21H22N6O. The average molecular weight is 374 g/mol. The number of carbonyl (C=O) groups excluding carboxylic acids is 1. The number of hydrogen-bond donors (Lipinski definition) is 1. The molecule has 0 aliphatic carbocycles. The Balaban J connectivity index is 1.40. The van der Waals surface area contributed by atoms with E-state index >= 15 is 0 Å². The minimum absolute atomic E-state index is 0.0451. The molecule has 4 heterocycles. The third-order valence-corrected chi connectivity index (χ3v) is 4.82. The van der Waals surface area contributed by atoms with Crippen molar-refractivity contribution in [1.29, 1.82) is 0 Å². The van der Waals surface area contributed by atoms with Crippen molar-refractivity contribution in [3.63, 3.8) is 0 Å². The topological polar surface area (TPSA) is 83.9 Å². The molecule has 0 saturated carbocycles. The van der Waals surface area contributed by atoms with Crippen molar-refractivity contribution in [1.82, 2.24) is 25.1 Å².